The van der Waals surface area contributed by atoms with E-state index in [9.17, 15) is 0 Å². The molecule has 3 aromatic rings. The lowest BCUT2D eigenvalue weighted by Crippen LogP contribution is -2.02. The maximum Gasteiger partial charge on any atom is 0.162 e. The molecule has 110 valence electrons. The molecule has 0 unspecified atom stereocenters. The van der Waals surface area contributed by atoms with Crippen molar-refractivity contribution in [2.75, 3.05) is 0 Å². The topological polar surface area (TPSA) is 4.93 Å². The average molecular weight is 323 g/mol. The minimum Gasteiger partial charge on any atom is -0.322 e. The molecule has 1 aliphatic carbocycles. The molecule has 0 amide bonds. The summed E-state index contributed by atoms with van der Waals surface area (Å²) in [4.78, 5) is 1.29. The molecule has 1 fully saturated rings. The quantitative estimate of drug-likeness (QED) is 0.531. The van der Waals surface area contributed by atoms with Gasteiger partial charge in [-0.15, -0.1) is 11.3 Å². The highest BCUT2D eigenvalue weighted by molar-refractivity contribution is 7.73. The van der Waals surface area contributed by atoms with E-state index in [-0.39, 0.29) is 0 Å². The minimum atomic E-state index is 0.812. The second kappa shape index (κ2) is 5.82. The molecular formula is C19H17NS2. The Morgan fingerprint density at radius 1 is 0.909 bits per heavy atom. The Bertz CT molecular complexity index is 827. The van der Waals surface area contributed by atoms with Crippen molar-refractivity contribution in [3.05, 3.63) is 64.6 Å². The van der Waals surface area contributed by atoms with Crippen LogP contribution in [0.1, 0.15) is 12.8 Å². The summed E-state index contributed by atoms with van der Waals surface area (Å²) in [6.07, 6.45) is 2.68. The van der Waals surface area contributed by atoms with Crippen LogP contribution in [0.25, 0.3) is 21.7 Å². The van der Waals surface area contributed by atoms with Crippen molar-refractivity contribution in [2.24, 2.45) is 5.92 Å². The number of rotatable bonds is 4. The summed E-state index contributed by atoms with van der Waals surface area (Å²) in [5.41, 5.74) is 3.80. The van der Waals surface area contributed by atoms with E-state index in [1.54, 1.807) is 11.3 Å². The number of benzene rings is 2. The Morgan fingerprint density at radius 3 is 2.09 bits per heavy atom. The molecule has 2 aromatic carbocycles. The standard InChI is InChI=1S/C19H17NS2/c21-19-20(13-14-11-12-14)17(15-7-3-1-4-8-15)18(22-19)16-9-5-2-6-10-16/h1-10,14H,11-13H2. The molecule has 1 saturated carbocycles. The van der Waals surface area contributed by atoms with Gasteiger partial charge in [0.25, 0.3) is 0 Å². The predicted octanol–water partition coefficient (Wildman–Crippen LogP) is 6.02. The lowest BCUT2D eigenvalue weighted by Gasteiger charge is -2.11. The van der Waals surface area contributed by atoms with Gasteiger partial charge in [0.1, 0.15) is 0 Å². The molecule has 0 bridgehead atoms. The van der Waals surface area contributed by atoms with Gasteiger partial charge < -0.3 is 4.57 Å². The Labute approximate surface area is 139 Å². The second-order valence-electron chi connectivity index (χ2n) is 5.83. The first-order chi connectivity index (χ1) is 10.8. The van der Waals surface area contributed by atoms with Gasteiger partial charge in [-0.1, -0.05) is 60.7 Å². The van der Waals surface area contributed by atoms with Gasteiger partial charge in [0.05, 0.1) is 10.6 Å². The van der Waals surface area contributed by atoms with Gasteiger partial charge in [-0.05, 0) is 42.1 Å². The Morgan fingerprint density at radius 2 is 1.50 bits per heavy atom. The Hall–Kier alpha value is -1.71. The SMILES string of the molecule is S=c1sc(-c2ccccc2)c(-c2ccccc2)n1CC1CC1. The highest BCUT2D eigenvalue weighted by Gasteiger charge is 2.25. The first-order valence-electron chi connectivity index (χ1n) is 7.67. The number of nitrogens with zero attached hydrogens (tertiary/aromatic N) is 1. The predicted molar refractivity (Wildman–Crippen MR) is 96.7 cm³/mol. The fourth-order valence-electron chi connectivity index (χ4n) is 2.80. The Balaban J connectivity index is 1.93. The van der Waals surface area contributed by atoms with Crippen LogP contribution < -0.4 is 0 Å². The molecule has 22 heavy (non-hydrogen) atoms. The van der Waals surface area contributed by atoms with Crippen molar-refractivity contribution in [1.29, 1.82) is 0 Å². The normalized spacial score (nSPS) is 14.2. The molecule has 0 atom stereocenters. The van der Waals surface area contributed by atoms with E-state index in [0.717, 1.165) is 16.4 Å². The summed E-state index contributed by atoms with van der Waals surface area (Å²) in [6.45, 7) is 1.06. The lowest BCUT2D eigenvalue weighted by molar-refractivity contribution is 0.633. The van der Waals surface area contributed by atoms with Crippen LogP contribution in [0, 0.1) is 9.87 Å². The van der Waals surface area contributed by atoms with Crippen molar-refractivity contribution in [3.63, 3.8) is 0 Å². The largest absolute Gasteiger partial charge is 0.322 e. The van der Waals surface area contributed by atoms with Crippen LogP contribution in [0.2, 0.25) is 0 Å². The van der Waals surface area contributed by atoms with Crippen molar-refractivity contribution >= 4 is 23.6 Å². The minimum absolute atomic E-state index is 0.812. The van der Waals surface area contributed by atoms with Crippen LogP contribution in [0.3, 0.4) is 0 Å². The van der Waals surface area contributed by atoms with E-state index in [1.807, 2.05) is 0 Å². The van der Waals surface area contributed by atoms with Gasteiger partial charge in [0.15, 0.2) is 3.95 Å². The van der Waals surface area contributed by atoms with E-state index in [4.69, 9.17) is 12.2 Å². The number of thiazole rings is 1. The number of hydrogen-bond acceptors (Lipinski definition) is 2. The van der Waals surface area contributed by atoms with Gasteiger partial charge in [0, 0.05) is 6.54 Å². The molecule has 0 saturated heterocycles. The summed E-state index contributed by atoms with van der Waals surface area (Å²) in [7, 11) is 0. The molecule has 4 rings (SSSR count). The third-order valence-corrected chi connectivity index (χ3v) is 5.61. The summed E-state index contributed by atoms with van der Waals surface area (Å²) in [5, 5.41) is 0. The van der Waals surface area contributed by atoms with Crippen LogP contribution in [-0.2, 0) is 6.54 Å². The molecule has 0 spiro atoms. The molecule has 0 N–H and O–H groups in total. The van der Waals surface area contributed by atoms with Crippen molar-refractivity contribution < 1.29 is 0 Å². The maximum absolute atomic E-state index is 5.69. The highest BCUT2D eigenvalue weighted by Crippen LogP contribution is 2.40. The monoisotopic (exact) mass is 323 g/mol. The Kier molecular flexibility index (Phi) is 3.68. The lowest BCUT2D eigenvalue weighted by atomic mass is 10.1. The molecule has 1 aliphatic rings. The van der Waals surface area contributed by atoms with Crippen molar-refractivity contribution in [2.45, 2.75) is 19.4 Å². The van der Waals surface area contributed by atoms with Crippen LogP contribution in [0.4, 0.5) is 0 Å². The second-order valence-corrected chi connectivity index (χ2v) is 7.48. The molecule has 1 aromatic heterocycles. The van der Waals surface area contributed by atoms with Crippen molar-refractivity contribution in [3.8, 4) is 21.7 Å². The van der Waals surface area contributed by atoms with E-state index in [1.165, 1.54) is 34.5 Å². The number of aromatic nitrogens is 1. The summed E-state index contributed by atoms with van der Waals surface area (Å²) < 4.78 is 3.35. The van der Waals surface area contributed by atoms with E-state index in [2.05, 4.69) is 65.2 Å². The zero-order valence-corrected chi connectivity index (χ0v) is 13.9. The smallest absolute Gasteiger partial charge is 0.162 e. The first-order valence-corrected chi connectivity index (χ1v) is 8.90. The van der Waals surface area contributed by atoms with Gasteiger partial charge in [-0.25, -0.2) is 0 Å². The van der Waals surface area contributed by atoms with Crippen molar-refractivity contribution in [1.82, 2.24) is 4.57 Å². The number of hydrogen-bond donors (Lipinski definition) is 0. The van der Waals surface area contributed by atoms with Gasteiger partial charge >= 0.3 is 0 Å². The summed E-state index contributed by atoms with van der Waals surface area (Å²) >= 11 is 7.42. The van der Waals surface area contributed by atoms with Crippen LogP contribution in [-0.4, -0.2) is 4.57 Å². The first kappa shape index (κ1) is 13.9. The highest BCUT2D eigenvalue weighted by atomic mass is 32.1. The molecule has 0 aliphatic heterocycles. The van der Waals surface area contributed by atoms with Crippen LogP contribution in [0.5, 0.6) is 0 Å². The van der Waals surface area contributed by atoms with E-state index >= 15 is 0 Å². The van der Waals surface area contributed by atoms with E-state index < -0.39 is 0 Å². The third-order valence-electron chi connectivity index (χ3n) is 4.12. The average Bonchev–Trinajstić information content (AvgIpc) is 3.33. The van der Waals surface area contributed by atoms with Crippen LogP contribution in [0.15, 0.2) is 60.7 Å². The van der Waals surface area contributed by atoms with Gasteiger partial charge in [-0.2, -0.15) is 0 Å². The maximum atomic E-state index is 5.69. The third kappa shape index (κ3) is 2.67. The van der Waals surface area contributed by atoms with Gasteiger partial charge in [-0.3, -0.25) is 0 Å². The zero-order valence-electron chi connectivity index (χ0n) is 12.2. The fraction of sp³-hybridized carbons (Fsp3) is 0.211. The molecule has 3 heteroatoms. The van der Waals surface area contributed by atoms with Gasteiger partial charge in [0.2, 0.25) is 0 Å². The molecular weight excluding hydrogens is 306 g/mol. The molecule has 1 heterocycles. The summed E-state index contributed by atoms with van der Waals surface area (Å²) in [6, 6.07) is 21.3. The molecule has 0 radical (unpaired) electrons. The summed E-state index contributed by atoms with van der Waals surface area (Å²) in [5.74, 6) is 0.812. The zero-order chi connectivity index (χ0) is 14.9. The fourth-order valence-corrected chi connectivity index (χ4v) is 4.24. The van der Waals surface area contributed by atoms with E-state index in [0.29, 0.717) is 0 Å². The molecule has 1 nitrogen and oxygen atoms in total. The van der Waals surface area contributed by atoms with Crippen LogP contribution >= 0.6 is 23.6 Å².